The zero-order valence-electron chi connectivity index (χ0n) is 16.4. The van der Waals surface area contributed by atoms with Crippen LogP contribution in [0.2, 0.25) is 0 Å². The quantitative estimate of drug-likeness (QED) is 0.709. The smallest absolute Gasteiger partial charge is 0.251 e. The average molecular weight is 403 g/mol. The maximum atomic E-state index is 12.8. The van der Waals surface area contributed by atoms with Gasteiger partial charge in [0, 0.05) is 11.6 Å². The molecule has 7 heteroatoms. The molecule has 150 valence electrons. The molecular weight excluding hydrogens is 376 g/mol. The molecule has 0 aliphatic heterocycles. The lowest BCUT2D eigenvalue weighted by Gasteiger charge is -2.18. The van der Waals surface area contributed by atoms with Crippen molar-refractivity contribution < 1.29 is 17.9 Å². The number of amides is 1. The van der Waals surface area contributed by atoms with Crippen LogP contribution in [0.3, 0.4) is 0 Å². The Hall–Kier alpha value is -2.38. The number of hydrogen-bond acceptors (Lipinski definition) is 4. The maximum absolute atomic E-state index is 12.8. The van der Waals surface area contributed by atoms with Gasteiger partial charge in [0.25, 0.3) is 5.91 Å². The van der Waals surface area contributed by atoms with Crippen LogP contribution in [0.4, 0.5) is 0 Å². The Morgan fingerprint density at radius 2 is 1.86 bits per heavy atom. The summed E-state index contributed by atoms with van der Waals surface area (Å²) in [4.78, 5) is 12.8. The third-order valence-corrected chi connectivity index (χ3v) is 6.35. The zero-order valence-corrected chi connectivity index (χ0v) is 17.2. The highest BCUT2D eigenvalue weighted by atomic mass is 32.2. The Kier molecular flexibility index (Phi) is 6.05. The van der Waals surface area contributed by atoms with Gasteiger partial charge in [-0.15, -0.1) is 0 Å². The van der Waals surface area contributed by atoms with E-state index in [-0.39, 0.29) is 34.2 Å². The monoisotopic (exact) mass is 402 g/mol. The number of hydrogen-bond donors (Lipinski definition) is 2. The van der Waals surface area contributed by atoms with Gasteiger partial charge >= 0.3 is 0 Å². The molecule has 2 aromatic rings. The van der Waals surface area contributed by atoms with Gasteiger partial charge in [-0.1, -0.05) is 36.8 Å². The Bertz CT molecular complexity index is 951. The van der Waals surface area contributed by atoms with E-state index in [2.05, 4.69) is 10.0 Å². The molecule has 0 aromatic heterocycles. The molecule has 2 aromatic carbocycles. The van der Waals surface area contributed by atoms with E-state index >= 15 is 0 Å². The van der Waals surface area contributed by atoms with Gasteiger partial charge in [0.2, 0.25) is 10.0 Å². The van der Waals surface area contributed by atoms with E-state index < -0.39 is 10.0 Å². The van der Waals surface area contributed by atoms with Crippen LogP contribution in [0.5, 0.6) is 5.75 Å². The molecule has 6 nitrogen and oxygen atoms in total. The van der Waals surface area contributed by atoms with E-state index in [4.69, 9.17) is 4.74 Å². The van der Waals surface area contributed by atoms with Crippen molar-refractivity contribution in [2.45, 2.75) is 50.1 Å². The molecule has 1 aliphatic rings. The Balaban J connectivity index is 1.84. The molecule has 1 saturated carbocycles. The Morgan fingerprint density at radius 3 is 2.43 bits per heavy atom. The summed E-state index contributed by atoms with van der Waals surface area (Å²) in [5, 5.41) is 2.99. The van der Waals surface area contributed by atoms with E-state index in [9.17, 15) is 13.2 Å². The van der Waals surface area contributed by atoms with Crippen molar-refractivity contribution in [3.8, 4) is 5.75 Å². The minimum Gasteiger partial charge on any atom is -0.495 e. The predicted octanol–water partition coefficient (Wildman–Crippen LogP) is 3.33. The van der Waals surface area contributed by atoms with E-state index in [1.807, 2.05) is 38.1 Å². The van der Waals surface area contributed by atoms with Gasteiger partial charge in [0.15, 0.2) is 0 Å². The van der Waals surface area contributed by atoms with Gasteiger partial charge in [0.1, 0.15) is 10.6 Å². The van der Waals surface area contributed by atoms with Crippen molar-refractivity contribution in [3.63, 3.8) is 0 Å². The van der Waals surface area contributed by atoms with Crippen LogP contribution >= 0.6 is 0 Å². The Morgan fingerprint density at radius 1 is 1.18 bits per heavy atom. The van der Waals surface area contributed by atoms with E-state index in [1.165, 1.54) is 19.2 Å². The van der Waals surface area contributed by atoms with Gasteiger partial charge in [-0.05, 0) is 49.9 Å². The van der Waals surface area contributed by atoms with Crippen LogP contribution in [0.15, 0.2) is 47.4 Å². The normalized spacial score (nSPS) is 15.1. The third-order valence-electron chi connectivity index (χ3n) is 4.81. The van der Waals surface area contributed by atoms with Gasteiger partial charge in [0.05, 0.1) is 13.2 Å². The highest BCUT2D eigenvalue weighted by Gasteiger charge is 2.30. The lowest BCUT2D eigenvalue weighted by molar-refractivity contribution is 0.0935. The third kappa shape index (κ3) is 4.72. The SMILES string of the molecule is CCC(NC(=O)c1ccc(OC)c(S(=O)(=O)NC2CC2)c1)c1ccc(C)cc1. The summed E-state index contributed by atoms with van der Waals surface area (Å²) < 4.78 is 33.1. The number of nitrogens with one attached hydrogen (secondary N) is 2. The van der Waals surface area contributed by atoms with Crippen molar-refractivity contribution in [2.24, 2.45) is 0 Å². The first-order chi connectivity index (χ1) is 13.3. The molecule has 1 fully saturated rings. The van der Waals surface area contributed by atoms with Crippen molar-refractivity contribution in [3.05, 3.63) is 59.2 Å². The second-order valence-electron chi connectivity index (χ2n) is 7.11. The molecule has 0 heterocycles. The van der Waals surface area contributed by atoms with Gasteiger partial charge < -0.3 is 10.1 Å². The Labute approximate surface area is 166 Å². The zero-order chi connectivity index (χ0) is 20.3. The fourth-order valence-corrected chi connectivity index (χ4v) is 4.47. The van der Waals surface area contributed by atoms with Crippen LogP contribution < -0.4 is 14.8 Å². The van der Waals surface area contributed by atoms with Crippen LogP contribution in [0.1, 0.15) is 53.7 Å². The van der Waals surface area contributed by atoms with Crippen LogP contribution in [0, 0.1) is 6.92 Å². The van der Waals surface area contributed by atoms with E-state index in [0.29, 0.717) is 0 Å². The number of sulfonamides is 1. The summed E-state index contributed by atoms with van der Waals surface area (Å²) in [5.41, 5.74) is 2.44. The van der Waals surface area contributed by atoms with Crippen LogP contribution in [-0.4, -0.2) is 27.5 Å². The average Bonchev–Trinajstić information content (AvgIpc) is 3.49. The molecule has 28 heavy (non-hydrogen) atoms. The van der Waals surface area contributed by atoms with Gasteiger partial charge in [-0.25, -0.2) is 13.1 Å². The summed E-state index contributed by atoms with van der Waals surface area (Å²) in [5.74, 6) is -0.103. The summed E-state index contributed by atoms with van der Waals surface area (Å²) in [6.45, 7) is 4.01. The number of benzene rings is 2. The first kappa shape index (κ1) is 20.4. The molecule has 0 spiro atoms. The van der Waals surface area contributed by atoms with Crippen molar-refractivity contribution in [2.75, 3.05) is 7.11 Å². The van der Waals surface area contributed by atoms with Gasteiger partial charge in [-0.3, -0.25) is 4.79 Å². The second-order valence-corrected chi connectivity index (χ2v) is 8.79. The van der Waals surface area contributed by atoms with Gasteiger partial charge in [-0.2, -0.15) is 0 Å². The first-order valence-corrected chi connectivity index (χ1v) is 10.9. The van der Waals surface area contributed by atoms with E-state index in [1.54, 1.807) is 6.07 Å². The molecule has 3 rings (SSSR count). The topological polar surface area (TPSA) is 84.5 Å². The largest absolute Gasteiger partial charge is 0.495 e. The highest BCUT2D eigenvalue weighted by Crippen LogP contribution is 2.28. The minimum atomic E-state index is -3.74. The molecule has 0 saturated heterocycles. The molecule has 0 radical (unpaired) electrons. The first-order valence-electron chi connectivity index (χ1n) is 9.42. The number of aryl methyl sites for hydroxylation is 1. The second kappa shape index (κ2) is 8.32. The molecule has 2 N–H and O–H groups in total. The van der Waals surface area contributed by atoms with Crippen LogP contribution in [0.25, 0.3) is 0 Å². The summed E-state index contributed by atoms with van der Waals surface area (Å²) >= 11 is 0. The fraction of sp³-hybridized carbons (Fsp3) is 0.381. The summed E-state index contributed by atoms with van der Waals surface area (Å²) in [6.07, 6.45) is 2.38. The summed E-state index contributed by atoms with van der Waals surface area (Å²) in [6, 6.07) is 12.3. The molecule has 0 bridgehead atoms. The predicted molar refractivity (Wildman–Crippen MR) is 108 cm³/mol. The van der Waals surface area contributed by atoms with Crippen molar-refractivity contribution >= 4 is 15.9 Å². The summed E-state index contributed by atoms with van der Waals surface area (Å²) in [7, 11) is -2.33. The number of carbonyl (C=O) groups excluding carboxylic acids is 1. The maximum Gasteiger partial charge on any atom is 0.251 e. The van der Waals surface area contributed by atoms with Crippen molar-refractivity contribution in [1.29, 1.82) is 0 Å². The number of rotatable bonds is 8. The highest BCUT2D eigenvalue weighted by molar-refractivity contribution is 7.89. The molecule has 1 unspecified atom stereocenters. The molecule has 1 atom stereocenters. The lowest BCUT2D eigenvalue weighted by atomic mass is 10.0. The molecular formula is C21H26N2O4S. The number of carbonyl (C=O) groups is 1. The van der Waals surface area contributed by atoms with Crippen LogP contribution in [-0.2, 0) is 10.0 Å². The lowest BCUT2D eigenvalue weighted by Crippen LogP contribution is -2.29. The standard InChI is InChI=1S/C21H26N2O4S/c1-4-18(15-7-5-14(2)6-8-15)22-21(24)16-9-12-19(27-3)20(13-16)28(25,26)23-17-10-11-17/h5-9,12-13,17-18,23H,4,10-11H2,1-3H3,(H,22,24). The molecule has 1 aliphatic carbocycles. The van der Waals surface area contributed by atoms with Crippen molar-refractivity contribution in [1.82, 2.24) is 10.0 Å². The van der Waals surface area contributed by atoms with E-state index in [0.717, 1.165) is 30.4 Å². The number of methoxy groups -OCH3 is 1. The number of ether oxygens (including phenoxy) is 1. The fourth-order valence-electron chi connectivity index (χ4n) is 2.97. The minimum absolute atomic E-state index is 0.0158. The molecule has 1 amide bonds.